The van der Waals surface area contributed by atoms with E-state index in [9.17, 15) is 4.79 Å². The van der Waals surface area contributed by atoms with E-state index in [2.05, 4.69) is 0 Å². The van der Waals surface area contributed by atoms with E-state index in [0.29, 0.717) is 23.6 Å². The quantitative estimate of drug-likeness (QED) is 0.723. The number of benzene rings is 2. The third-order valence-electron chi connectivity index (χ3n) is 5.66. The zero-order valence-corrected chi connectivity index (χ0v) is 17.0. The van der Waals surface area contributed by atoms with Crippen LogP contribution in [-0.2, 0) is 6.54 Å². The molecule has 0 bridgehead atoms. The molecule has 0 atom stereocenters. The van der Waals surface area contributed by atoms with Gasteiger partial charge in [-0.15, -0.1) is 0 Å². The predicted molar refractivity (Wildman–Crippen MR) is 109 cm³/mol. The van der Waals surface area contributed by atoms with Gasteiger partial charge >= 0.3 is 0 Å². The second-order valence-corrected chi connectivity index (χ2v) is 7.51. The van der Waals surface area contributed by atoms with Crippen LogP contribution < -0.4 is 18.9 Å². The zero-order valence-electron chi connectivity index (χ0n) is 17.0. The molecule has 2 aromatic carbocycles. The fraction of sp³-hybridized carbons (Fsp3) is 0.435. The summed E-state index contributed by atoms with van der Waals surface area (Å²) in [7, 11) is 3.18. The molecule has 1 amide bonds. The number of carbonyl (C=O) groups excluding carboxylic acids is 1. The van der Waals surface area contributed by atoms with Gasteiger partial charge in [-0.2, -0.15) is 0 Å². The molecule has 1 fully saturated rings. The molecule has 2 aromatic rings. The lowest BCUT2D eigenvalue weighted by Gasteiger charge is -2.35. The van der Waals surface area contributed by atoms with Crippen LogP contribution in [0.4, 0.5) is 0 Å². The molecular formula is C23H27NO5. The molecule has 0 unspecified atom stereocenters. The summed E-state index contributed by atoms with van der Waals surface area (Å²) in [4.78, 5) is 15.6. The molecular weight excluding hydrogens is 370 g/mol. The minimum absolute atomic E-state index is 0.00762. The van der Waals surface area contributed by atoms with E-state index in [4.69, 9.17) is 18.9 Å². The van der Waals surface area contributed by atoms with Crippen molar-refractivity contribution in [3.8, 4) is 23.0 Å². The van der Waals surface area contributed by atoms with E-state index in [1.165, 1.54) is 6.42 Å². The molecule has 0 N–H and O–H groups in total. The van der Waals surface area contributed by atoms with Crippen LogP contribution in [0.15, 0.2) is 36.4 Å². The van der Waals surface area contributed by atoms with Crippen LogP contribution in [0, 0.1) is 0 Å². The van der Waals surface area contributed by atoms with E-state index in [0.717, 1.165) is 42.7 Å². The number of ether oxygens (including phenoxy) is 4. The van der Waals surface area contributed by atoms with Crippen molar-refractivity contribution in [2.45, 2.75) is 44.7 Å². The maximum atomic E-state index is 13.6. The van der Waals surface area contributed by atoms with Gasteiger partial charge in [0, 0.05) is 24.2 Å². The van der Waals surface area contributed by atoms with Crippen molar-refractivity contribution in [3.05, 3.63) is 47.5 Å². The van der Waals surface area contributed by atoms with Gasteiger partial charge in [0.05, 0.1) is 14.2 Å². The van der Waals surface area contributed by atoms with E-state index in [1.807, 2.05) is 23.1 Å². The Labute approximate surface area is 171 Å². The Morgan fingerprint density at radius 1 is 0.966 bits per heavy atom. The molecule has 4 rings (SSSR count). The van der Waals surface area contributed by atoms with Crippen molar-refractivity contribution < 1.29 is 23.7 Å². The van der Waals surface area contributed by atoms with Gasteiger partial charge in [-0.3, -0.25) is 4.79 Å². The molecule has 1 saturated carbocycles. The molecule has 6 heteroatoms. The van der Waals surface area contributed by atoms with Crippen LogP contribution in [0.2, 0.25) is 0 Å². The van der Waals surface area contributed by atoms with Gasteiger partial charge in [0.15, 0.2) is 11.5 Å². The molecule has 0 aromatic heterocycles. The fourth-order valence-corrected chi connectivity index (χ4v) is 4.09. The van der Waals surface area contributed by atoms with Crippen LogP contribution in [-0.4, -0.2) is 37.9 Å². The average molecular weight is 397 g/mol. The Hall–Kier alpha value is -2.89. The van der Waals surface area contributed by atoms with Crippen molar-refractivity contribution in [1.29, 1.82) is 0 Å². The minimum atomic E-state index is -0.00762. The smallest absolute Gasteiger partial charge is 0.254 e. The summed E-state index contributed by atoms with van der Waals surface area (Å²) in [5.74, 6) is 2.70. The molecule has 154 valence electrons. The molecule has 1 heterocycles. The van der Waals surface area contributed by atoms with Crippen molar-refractivity contribution >= 4 is 5.91 Å². The van der Waals surface area contributed by atoms with Gasteiger partial charge in [0.25, 0.3) is 5.91 Å². The van der Waals surface area contributed by atoms with Gasteiger partial charge in [-0.25, -0.2) is 0 Å². The first kappa shape index (κ1) is 19.4. The molecule has 0 radical (unpaired) electrons. The van der Waals surface area contributed by atoms with Gasteiger partial charge in [-0.05, 0) is 42.7 Å². The Bertz CT molecular complexity index is 853. The van der Waals surface area contributed by atoms with Crippen LogP contribution >= 0.6 is 0 Å². The largest absolute Gasteiger partial charge is 0.497 e. The molecule has 1 aliphatic heterocycles. The fourth-order valence-electron chi connectivity index (χ4n) is 4.09. The van der Waals surface area contributed by atoms with Crippen LogP contribution in [0.5, 0.6) is 23.0 Å². The molecule has 29 heavy (non-hydrogen) atoms. The van der Waals surface area contributed by atoms with Crippen LogP contribution in [0.1, 0.15) is 48.0 Å². The van der Waals surface area contributed by atoms with Gasteiger partial charge in [-0.1, -0.05) is 25.3 Å². The summed E-state index contributed by atoms with van der Waals surface area (Å²) in [6, 6.07) is 11.4. The molecule has 6 nitrogen and oxygen atoms in total. The first-order valence-corrected chi connectivity index (χ1v) is 10.1. The molecule has 2 aliphatic rings. The van der Waals surface area contributed by atoms with Crippen molar-refractivity contribution in [2.24, 2.45) is 0 Å². The number of nitrogens with zero attached hydrogens (tertiary/aromatic N) is 1. The third-order valence-corrected chi connectivity index (χ3v) is 5.66. The number of methoxy groups -OCH3 is 2. The maximum absolute atomic E-state index is 13.6. The topological polar surface area (TPSA) is 57.2 Å². The highest BCUT2D eigenvalue weighted by Gasteiger charge is 2.28. The first-order chi connectivity index (χ1) is 14.2. The summed E-state index contributed by atoms with van der Waals surface area (Å²) in [5.41, 5.74) is 1.61. The van der Waals surface area contributed by atoms with E-state index in [-0.39, 0.29) is 18.7 Å². The number of amides is 1. The lowest BCUT2D eigenvalue weighted by Crippen LogP contribution is -2.41. The number of fused-ring (bicyclic) bond motifs is 1. The van der Waals surface area contributed by atoms with Gasteiger partial charge in [0.1, 0.15) is 11.5 Å². The Morgan fingerprint density at radius 2 is 1.66 bits per heavy atom. The lowest BCUT2D eigenvalue weighted by atomic mass is 9.93. The third kappa shape index (κ3) is 4.26. The SMILES string of the molecule is COc1cc(OC)cc(C(=O)N(Cc2ccc3c(c2)OCO3)C2CCCCC2)c1. The maximum Gasteiger partial charge on any atom is 0.254 e. The summed E-state index contributed by atoms with van der Waals surface area (Å²) < 4.78 is 21.6. The average Bonchev–Trinajstić information content (AvgIpc) is 3.25. The second-order valence-electron chi connectivity index (χ2n) is 7.51. The predicted octanol–water partition coefficient (Wildman–Crippen LogP) is 4.41. The van der Waals surface area contributed by atoms with Crippen LogP contribution in [0.25, 0.3) is 0 Å². The number of rotatable bonds is 6. The molecule has 0 saturated heterocycles. The zero-order chi connectivity index (χ0) is 20.2. The number of carbonyl (C=O) groups is 1. The number of hydrogen-bond acceptors (Lipinski definition) is 5. The summed E-state index contributed by atoms with van der Waals surface area (Å²) >= 11 is 0. The van der Waals surface area contributed by atoms with E-state index in [1.54, 1.807) is 32.4 Å². The highest BCUT2D eigenvalue weighted by Crippen LogP contribution is 2.34. The lowest BCUT2D eigenvalue weighted by molar-refractivity contribution is 0.0613. The Morgan fingerprint density at radius 3 is 2.34 bits per heavy atom. The van der Waals surface area contributed by atoms with Gasteiger partial charge < -0.3 is 23.8 Å². The molecule has 1 aliphatic carbocycles. The van der Waals surface area contributed by atoms with Gasteiger partial charge in [0.2, 0.25) is 6.79 Å². The Kier molecular flexibility index (Phi) is 5.79. The summed E-state index contributed by atoms with van der Waals surface area (Å²) in [6.45, 7) is 0.771. The number of hydrogen-bond donors (Lipinski definition) is 0. The van der Waals surface area contributed by atoms with Crippen molar-refractivity contribution in [1.82, 2.24) is 4.90 Å². The summed E-state index contributed by atoms with van der Waals surface area (Å²) in [5, 5.41) is 0. The Balaban J connectivity index is 1.64. The monoisotopic (exact) mass is 397 g/mol. The highest BCUT2D eigenvalue weighted by atomic mass is 16.7. The summed E-state index contributed by atoms with van der Waals surface area (Å²) in [6.07, 6.45) is 5.58. The van der Waals surface area contributed by atoms with Crippen molar-refractivity contribution in [3.63, 3.8) is 0 Å². The van der Waals surface area contributed by atoms with Crippen molar-refractivity contribution in [2.75, 3.05) is 21.0 Å². The highest BCUT2D eigenvalue weighted by molar-refractivity contribution is 5.95. The normalized spacial score (nSPS) is 15.8. The first-order valence-electron chi connectivity index (χ1n) is 10.1. The molecule has 0 spiro atoms. The second kappa shape index (κ2) is 8.64. The van der Waals surface area contributed by atoms with E-state index < -0.39 is 0 Å². The van der Waals surface area contributed by atoms with E-state index >= 15 is 0 Å². The van der Waals surface area contributed by atoms with Crippen LogP contribution in [0.3, 0.4) is 0 Å². The minimum Gasteiger partial charge on any atom is -0.497 e. The standard InChI is InChI=1S/C23H27NO5/c1-26-19-11-17(12-20(13-19)27-2)23(25)24(18-6-4-3-5-7-18)14-16-8-9-21-22(10-16)29-15-28-21/h8-13,18H,3-7,14-15H2,1-2H3.